The summed E-state index contributed by atoms with van der Waals surface area (Å²) in [7, 11) is 1.60. The number of methoxy groups -OCH3 is 1. The third-order valence-electron chi connectivity index (χ3n) is 3.78. The van der Waals surface area contributed by atoms with Gasteiger partial charge in [0.1, 0.15) is 11.5 Å². The second-order valence-corrected chi connectivity index (χ2v) is 6.18. The molecular formula is C20H15BrO3. The number of benzene rings is 3. The third-order valence-corrected chi connectivity index (χ3v) is 4.27. The molecule has 3 nitrogen and oxygen atoms in total. The van der Waals surface area contributed by atoms with E-state index in [0.717, 1.165) is 20.8 Å². The molecule has 0 radical (unpaired) electrons. The van der Waals surface area contributed by atoms with E-state index in [1.807, 2.05) is 36.4 Å². The molecule has 3 aromatic carbocycles. The van der Waals surface area contributed by atoms with Crippen molar-refractivity contribution in [2.24, 2.45) is 0 Å². The summed E-state index contributed by atoms with van der Waals surface area (Å²) in [5, 5.41) is 11.9. The summed E-state index contributed by atoms with van der Waals surface area (Å²) in [4.78, 5) is 12.4. The van der Waals surface area contributed by atoms with Crippen LogP contribution in [0.15, 0.2) is 65.1 Å². The first-order valence-corrected chi connectivity index (χ1v) is 8.16. The highest BCUT2D eigenvalue weighted by Gasteiger charge is 2.10. The normalized spacial score (nSPS) is 11.1. The Balaban J connectivity index is 2.04. The Kier molecular flexibility index (Phi) is 4.67. The lowest BCUT2D eigenvalue weighted by Crippen LogP contribution is -1.95. The quantitative estimate of drug-likeness (QED) is 0.497. The van der Waals surface area contributed by atoms with Gasteiger partial charge in [-0.3, -0.25) is 4.79 Å². The Labute approximate surface area is 148 Å². The number of hydrogen-bond acceptors (Lipinski definition) is 3. The second kappa shape index (κ2) is 6.89. The first-order chi connectivity index (χ1) is 11.6. The molecule has 0 unspecified atom stereocenters. The maximum absolute atomic E-state index is 12.4. The number of ether oxygens (including phenoxy) is 1. The number of hydrogen-bond donors (Lipinski definition) is 1. The van der Waals surface area contributed by atoms with Crippen LogP contribution in [0.5, 0.6) is 11.5 Å². The molecule has 0 saturated carbocycles. The summed E-state index contributed by atoms with van der Waals surface area (Å²) in [5.74, 6) is 0.373. The monoisotopic (exact) mass is 382 g/mol. The zero-order valence-corrected chi connectivity index (χ0v) is 14.6. The Morgan fingerprint density at radius 2 is 1.92 bits per heavy atom. The van der Waals surface area contributed by atoms with Crippen LogP contribution in [0.1, 0.15) is 15.9 Å². The van der Waals surface area contributed by atoms with E-state index in [9.17, 15) is 9.90 Å². The zero-order chi connectivity index (χ0) is 17.1. The first-order valence-electron chi connectivity index (χ1n) is 7.37. The molecule has 0 aliphatic carbocycles. The summed E-state index contributed by atoms with van der Waals surface area (Å²) in [5.41, 5.74) is 1.08. The molecule has 24 heavy (non-hydrogen) atoms. The van der Waals surface area contributed by atoms with Crippen LogP contribution in [0, 0.1) is 0 Å². The molecule has 0 heterocycles. The fraction of sp³-hybridized carbons (Fsp3) is 0.0500. The number of allylic oxidation sites excluding steroid dienone is 1. The molecule has 0 atom stereocenters. The minimum Gasteiger partial charge on any atom is -0.507 e. The molecule has 0 aliphatic heterocycles. The standard InChI is InChI=1S/C20H15BrO3/c1-24-20-11-6-13-4-2-3-5-15(13)16(20)8-10-19(23)17-12-14(21)7-9-18(17)22/h2-12,22H,1H3. The molecule has 0 saturated heterocycles. The summed E-state index contributed by atoms with van der Waals surface area (Å²) < 4.78 is 6.15. The van der Waals surface area contributed by atoms with Crippen LogP contribution in [-0.4, -0.2) is 18.0 Å². The van der Waals surface area contributed by atoms with Crippen molar-refractivity contribution >= 4 is 38.6 Å². The van der Waals surface area contributed by atoms with Gasteiger partial charge in [0.15, 0.2) is 5.78 Å². The Morgan fingerprint density at radius 1 is 1.12 bits per heavy atom. The van der Waals surface area contributed by atoms with Crippen LogP contribution in [-0.2, 0) is 0 Å². The molecule has 0 bridgehead atoms. The molecule has 3 aromatic rings. The smallest absolute Gasteiger partial charge is 0.189 e. The van der Waals surface area contributed by atoms with Crippen molar-refractivity contribution in [3.63, 3.8) is 0 Å². The average Bonchev–Trinajstić information content (AvgIpc) is 2.61. The number of ketones is 1. The lowest BCUT2D eigenvalue weighted by atomic mass is 10.0. The topological polar surface area (TPSA) is 46.5 Å². The van der Waals surface area contributed by atoms with Crippen molar-refractivity contribution in [2.45, 2.75) is 0 Å². The van der Waals surface area contributed by atoms with Crippen molar-refractivity contribution in [3.05, 3.63) is 76.3 Å². The largest absolute Gasteiger partial charge is 0.507 e. The van der Waals surface area contributed by atoms with E-state index in [1.54, 1.807) is 25.3 Å². The van der Waals surface area contributed by atoms with Crippen LogP contribution >= 0.6 is 15.9 Å². The van der Waals surface area contributed by atoms with Gasteiger partial charge in [-0.05, 0) is 47.2 Å². The van der Waals surface area contributed by atoms with Gasteiger partial charge in [-0.2, -0.15) is 0 Å². The van der Waals surface area contributed by atoms with E-state index in [4.69, 9.17) is 4.74 Å². The summed E-state index contributed by atoms with van der Waals surface area (Å²) >= 11 is 3.31. The third kappa shape index (κ3) is 3.19. The van der Waals surface area contributed by atoms with Crippen LogP contribution < -0.4 is 4.74 Å². The van der Waals surface area contributed by atoms with Gasteiger partial charge < -0.3 is 9.84 Å². The molecular weight excluding hydrogens is 368 g/mol. The average molecular weight is 383 g/mol. The van der Waals surface area contributed by atoms with Crippen LogP contribution in [0.25, 0.3) is 16.8 Å². The minimum atomic E-state index is -0.274. The van der Waals surface area contributed by atoms with E-state index >= 15 is 0 Å². The number of carbonyl (C=O) groups excluding carboxylic acids is 1. The summed E-state index contributed by atoms with van der Waals surface area (Å²) in [6.07, 6.45) is 3.18. The molecule has 0 spiro atoms. The molecule has 4 heteroatoms. The van der Waals surface area contributed by atoms with Crippen molar-refractivity contribution in [1.29, 1.82) is 0 Å². The minimum absolute atomic E-state index is 0.0438. The van der Waals surface area contributed by atoms with Gasteiger partial charge in [0.2, 0.25) is 0 Å². The highest BCUT2D eigenvalue weighted by atomic mass is 79.9. The number of phenolic OH excluding ortho intramolecular Hbond substituents is 1. The number of carbonyl (C=O) groups is 1. The van der Waals surface area contributed by atoms with Gasteiger partial charge in [-0.15, -0.1) is 0 Å². The first kappa shape index (κ1) is 16.3. The van der Waals surface area contributed by atoms with Gasteiger partial charge in [0.05, 0.1) is 12.7 Å². The number of fused-ring (bicyclic) bond motifs is 1. The Bertz CT molecular complexity index is 945. The van der Waals surface area contributed by atoms with Crippen molar-refractivity contribution < 1.29 is 14.6 Å². The molecule has 3 rings (SSSR count). The van der Waals surface area contributed by atoms with E-state index in [1.165, 1.54) is 12.1 Å². The predicted octanol–water partition coefficient (Wildman–Crippen LogP) is 5.21. The van der Waals surface area contributed by atoms with E-state index < -0.39 is 0 Å². The fourth-order valence-corrected chi connectivity index (χ4v) is 2.94. The molecule has 0 fully saturated rings. The number of halogens is 1. The van der Waals surface area contributed by atoms with Crippen LogP contribution in [0.4, 0.5) is 0 Å². The highest BCUT2D eigenvalue weighted by Crippen LogP contribution is 2.30. The molecule has 0 aliphatic rings. The van der Waals surface area contributed by atoms with E-state index in [2.05, 4.69) is 15.9 Å². The molecule has 120 valence electrons. The predicted molar refractivity (Wildman–Crippen MR) is 99.7 cm³/mol. The summed E-state index contributed by atoms with van der Waals surface area (Å²) in [6.45, 7) is 0. The zero-order valence-electron chi connectivity index (χ0n) is 13.0. The second-order valence-electron chi connectivity index (χ2n) is 5.26. The Morgan fingerprint density at radius 3 is 2.71 bits per heavy atom. The number of aromatic hydroxyl groups is 1. The van der Waals surface area contributed by atoms with Crippen LogP contribution in [0.2, 0.25) is 0 Å². The van der Waals surface area contributed by atoms with Crippen molar-refractivity contribution in [1.82, 2.24) is 0 Å². The van der Waals surface area contributed by atoms with Crippen LogP contribution in [0.3, 0.4) is 0 Å². The lowest BCUT2D eigenvalue weighted by Gasteiger charge is -2.09. The van der Waals surface area contributed by atoms with Gasteiger partial charge in [0, 0.05) is 10.0 Å². The Hall–Kier alpha value is -2.59. The van der Waals surface area contributed by atoms with Crippen molar-refractivity contribution in [2.75, 3.05) is 7.11 Å². The van der Waals surface area contributed by atoms with Gasteiger partial charge in [-0.1, -0.05) is 46.3 Å². The van der Waals surface area contributed by atoms with Gasteiger partial charge >= 0.3 is 0 Å². The highest BCUT2D eigenvalue weighted by molar-refractivity contribution is 9.10. The SMILES string of the molecule is COc1ccc2ccccc2c1C=CC(=O)c1cc(Br)ccc1O. The van der Waals surface area contributed by atoms with E-state index in [-0.39, 0.29) is 17.1 Å². The molecule has 1 N–H and O–H groups in total. The number of phenols is 1. The van der Waals surface area contributed by atoms with Crippen molar-refractivity contribution in [3.8, 4) is 11.5 Å². The summed E-state index contributed by atoms with van der Waals surface area (Å²) in [6, 6.07) is 16.5. The lowest BCUT2D eigenvalue weighted by molar-refractivity contribution is 0.104. The van der Waals surface area contributed by atoms with E-state index in [0.29, 0.717) is 5.75 Å². The van der Waals surface area contributed by atoms with Gasteiger partial charge in [0.25, 0.3) is 0 Å². The maximum Gasteiger partial charge on any atom is 0.189 e. The maximum atomic E-state index is 12.4. The van der Waals surface area contributed by atoms with Gasteiger partial charge in [-0.25, -0.2) is 0 Å². The molecule has 0 aromatic heterocycles. The fourth-order valence-electron chi connectivity index (χ4n) is 2.58. The number of rotatable bonds is 4. The molecule has 0 amide bonds.